The van der Waals surface area contributed by atoms with Crippen LogP contribution in [-0.2, 0) is 4.79 Å². The molecule has 1 heterocycles. The monoisotopic (exact) mass is 306 g/mol. The van der Waals surface area contributed by atoms with E-state index in [1.54, 1.807) is 0 Å². The number of carbonyl (C=O) groups is 1. The maximum atomic E-state index is 13.2. The second-order valence-electron chi connectivity index (χ2n) is 8.18. The van der Waals surface area contributed by atoms with Crippen molar-refractivity contribution in [2.24, 2.45) is 29.4 Å². The number of likely N-dealkylation sites (tertiary alicyclic amines) is 1. The van der Waals surface area contributed by atoms with Crippen molar-refractivity contribution >= 4 is 5.91 Å². The molecule has 0 radical (unpaired) electrons. The van der Waals surface area contributed by atoms with Crippen LogP contribution in [-0.4, -0.2) is 29.4 Å². The second kappa shape index (κ2) is 6.90. The number of hydrogen-bond donors (Lipinski definition) is 1. The number of amides is 1. The Balaban J connectivity index is 1.69. The Morgan fingerprint density at radius 3 is 2.45 bits per heavy atom. The van der Waals surface area contributed by atoms with Gasteiger partial charge in [0.2, 0.25) is 5.91 Å². The summed E-state index contributed by atoms with van der Waals surface area (Å²) in [7, 11) is 0. The number of piperidine rings is 1. The maximum Gasteiger partial charge on any atom is 0.225 e. The number of rotatable bonds is 3. The SMILES string of the molecule is CCC(C)C1CCCCN1C(=O)C1CC2CCCC(C1)C2N. The Morgan fingerprint density at radius 1 is 1.14 bits per heavy atom. The molecule has 3 aliphatic rings. The van der Waals surface area contributed by atoms with Crippen LogP contribution in [0.1, 0.15) is 71.6 Å². The molecule has 0 spiro atoms. The first-order valence-corrected chi connectivity index (χ1v) is 9.67. The van der Waals surface area contributed by atoms with Gasteiger partial charge < -0.3 is 10.6 Å². The predicted molar refractivity (Wildman–Crippen MR) is 90.3 cm³/mol. The molecule has 3 rings (SSSR count). The van der Waals surface area contributed by atoms with Gasteiger partial charge >= 0.3 is 0 Å². The zero-order chi connectivity index (χ0) is 15.7. The Kier molecular flexibility index (Phi) is 5.11. The van der Waals surface area contributed by atoms with Gasteiger partial charge in [-0.2, -0.15) is 0 Å². The molecule has 3 fully saturated rings. The number of nitrogens with two attached hydrogens (primary N) is 1. The van der Waals surface area contributed by atoms with Gasteiger partial charge in [0.15, 0.2) is 0 Å². The van der Waals surface area contributed by atoms with Crippen LogP contribution < -0.4 is 5.73 Å². The van der Waals surface area contributed by atoms with Crippen molar-refractivity contribution in [1.29, 1.82) is 0 Å². The maximum absolute atomic E-state index is 13.2. The molecular formula is C19H34N2O. The molecule has 2 N–H and O–H groups in total. The van der Waals surface area contributed by atoms with E-state index >= 15 is 0 Å². The number of carbonyl (C=O) groups excluding carboxylic acids is 1. The van der Waals surface area contributed by atoms with Crippen molar-refractivity contribution in [1.82, 2.24) is 4.90 Å². The van der Waals surface area contributed by atoms with E-state index in [1.165, 1.54) is 44.9 Å². The molecule has 2 saturated carbocycles. The molecule has 0 aromatic rings. The van der Waals surface area contributed by atoms with Crippen molar-refractivity contribution in [3.05, 3.63) is 0 Å². The first kappa shape index (κ1) is 16.3. The third-order valence-corrected chi connectivity index (χ3v) is 6.90. The largest absolute Gasteiger partial charge is 0.339 e. The van der Waals surface area contributed by atoms with Crippen molar-refractivity contribution in [3.8, 4) is 0 Å². The topological polar surface area (TPSA) is 46.3 Å². The molecule has 1 amide bonds. The van der Waals surface area contributed by atoms with Crippen molar-refractivity contribution in [3.63, 3.8) is 0 Å². The van der Waals surface area contributed by atoms with Crippen LogP contribution >= 0.6 is 0 Å². The highest BCUT2D eigenvalue weighted by molar-refractivity contribution is 5.79. The third kappa shape index (κ3) is 3.06. The summed E-state index contributed by atoms with van der Waals surface area (Å²) >= 11 is 0. The minimum atomic E-state index is 0.264. The normalized spacial score (nSPS) is 40.3. The van der Waals surface area contributed by atoms with Gasteiger partial charge in [-0.1, -0.05) is 26.7 Å². The summed E-state index contributed by atoms with van der Waals surface area (Å²) in [6.07, 6.45) is 10.8. The van der Waals surface area contributed by atoms with E-state index in [2.05, 4.69) is 18.7 Å². The smallest absolute Gasteiger partial charge is 0.225 e. The van der Waals surface area contributed by atoms with Crippen molar-refractivity contribution < 1.29 is 4.79 Å². The molecule has 2 bridgehead atoms. The van der Waals surface area contributed by atoms with Crippen LogP contribution in [0.4, 0.5) is 0 Å². The lowest BCUT2D eigenvalue weighted by molar-refractivity contribution is -0.143. The Labute approximate surface area is 136 Å². The van der Waals surface area contributed by atoms with E-state index in [0.29, 0.717) is 35.7 Å². The lowest BCUT2D eigenvalue weighted by atomic mass is 9.64. The van der Waals surface area contributed by atoms with Gasteiger partial charge in [-0.15, -0.1) is 0 Å². The molecule has 4 unspecified atom stereocenters. The highest BCUT2D eigenvalue weighted by Gasteiger charge is 2.43. The molecule has 126 valence electrons. The van der Waals surface area contributed by atoms with Crippen LogP contribution in [0.25, 0.3) is 0 Å². The summed E-state index contributed by atoms with van der Waals surface area (Å²) in [6.45, 7) is 5.57. The molecule has 3 nitrogen and oxygen atoms in total. The molecule has 22 heavy (non-hydrogen) atoms. The number of hydrogen-bond acceptors (Lipinski definition) is 2. The first-order valence-electron chi connectivity index (χ1n) is 9.67. The minimum Gasteiger partial charge on any atom is -0.339 e. The fourth-order valence-electron chi connectivity index (χ4n) is 5.32. The summed E-state index contributed by atoms with van der Waals surface area (Å²) in [5, 5.41) is 0. The van der Waals surface area contributed by atoms with E-state index in [0.717, 1.165) is 19.4 Å². The van der Waals surface area contributed by atoms with Gasteiger partial charge in [-0.3, -0.25) is 4.79 Å². The fourth-order valence-corrected chi connectivity index (χ4v) is 5.32. The van der Waals surface area contributed by atoms with Crippen LogP contribution in [0.3, 0.4) is 0 Å². The third-order valence-electron chi connectivity index (χ3n) is 6.90. The summed E-state index contributed by atoms with van der Waals surface area (Å²) in [5.41, 5.74) is 6.40. The first-order chi connectivity index (χ1) is 10.6. The Morgan fingerprint density at radius 2 is 1.82 bits per heavy atom. The summed E-state index contributed by atoms with van der Waals surface area (Å²) in [6, 6.07) is 0.853. The molecule has 0 aromatic heterocycles. The van der Waals surface area contributed by atoms with E-state index in [9.17, 15) is 4.79 Å². The van der Waals surface area contributed by atoms with Gasteiger partial charge in [0, 0.05) is 24.5 Å². The van der Waals surface area contributed by atoms with E-state index in [4.69, 9.17) is 5.73 Å². The molecule has 3 heteroatoms. The average molecular weight is 306 g/mol. The quantitative estimate of drug-likeness (QED) is 0.866. The molecule has 2 aliphatic carbocycles. The van der Waals surface area contributed by atoms with Gasteiger partial charge in [0.25, 0.3) is 0 Å². The molecule has 1 saturated heterocycles. The highest BCUT2D eigenvalue weighted by atomic mass is 16.2. The molecule has 0 aromatic carbocycles. The number of nitrogens with zero attached hydrogens (tertiary/aromatic N) is 1. The van der Waals surface area contributed by atoms with Gasteiger partial charge in [-0.25, -0.2) is 0 Å². The van der Waals surface area contributed by atoms with E-state index in [-0.39, 0.29) is 5.92 Å². The second-order valence-corrected chi connectivity index (χ2v) is 8.18. The van der Waals surface area contributed by atoms with E-state index in [1.807, 2.05) is 0 Å². The Hall–Kier alpha value is -0.570. The molecular weight excluding hydrogens is 272 g/mol. The highest BCUT2D eigenvalue weighted by Crippen LogP contribution is 2.43. The van der Waals surface area contributed by atoms with E-state index < -0.39 is 0 Å². The Bertz CT molecular complexity index is 383. The zero-order valence-corrected chi connectivity index (χ0v) is 14.5. The van der Waals surface area contributed by atoms with Gasteiger partial charge in [0.1, 0.15) is 0 Å². The van der Waals surface area contributed by atoms with Crippen molar-refractivity contribution in [2.75, 3.05) is 6.54 Å². The molecule has 1 aliphatic heterocycles. The standard InChI is InChI=1S/C19H34N2O/c1-3-13(2)17-9-4-5-10-21(17)19(22)16-11-14-7-6-8-15(12-16)18(14)20/h13-18H,3-12,20H2,1-2H3. The average Bonchev–Trinajstić information content (AvgIpc) is 2.53. The van der Waals surface area contributed by atoms with Gasteiger partial charge in [-0.05, 0) is 62.7 Å². The lowest BCUT2D eigenvalue weighted by Gasteiger charge is -2.47. The summed E-state index contributed by atoms with van der Waals surface area (Å²) < 4.78 is 0. The minimum absolute atomic E-state index is 0.264. The van der Waals surface area contributed by atoms with Crippen LogP contribution in [0.2, 0.25) is 0 Å². The van der Waals surface area contributed by atoms with Crippen LogP contribution in [0.15, 0.2) is 0 Å². The van der Waals surface area contributed by atoms with Crippen LogP contribution in [0.5, 0.6) is 0 Å². The summed E-state index contributed by atoms with van der Waals surface area (Å²) in [5.74, 6) is 2.57. The summed E-state index contributed by atoms with van der Waals surface area (Å²) in [4.78, 5) is 15.5. The predicted octanol–water partition coefficient (Wildman–Crippen LogP) is 3.57. The lowest BCUT2D eigenvalue weighted by Crippen LogP contribution is -2.53. The fraction of sp³-hybridized carbons (Fsp3) is 0.947. The number of fused-ring (bicyclic) bond motifs is 2. The molecule has 4 atom stereocenters. The van der Waals surface area contributed by atoms with Crippen LogP contribution in [0, 0.1) is 23.7 Å². The zero-order valence-electron chi connectivity index (χ0n) is 14.5. The van der Waals surface area contributed by atoms with Gasteiger partial charge in [0.05, 0.1) is 0 Å². The van der Waals surface area contributed by atoms with Crippen molar-refractivity contribution in [2.45, 2.75) is 83.7 Å².